The predicted molar refractivity (Wildman–Crippen MR) is 62.8 cm³/mol. The third-order valence-electron chi connectivity index (χ3n) is 2.85. The van der Waals surface area contributed by atoms with Gasteiger partial charge in [-0.3, -0.25) is 4.79 Å². The number of ether oxygens (including phenoxy) is 2. The van der Waals surface area contributed by atoms with Gasteiger partial charge < -0.3 is 14.6 Å². The lowest BCUT2D eigenvalue weighted by atomic mass is 10.0. The Bertz CT molecular complexity index is 474. The predicted octanol–water partition coefficient (Wildman–Crippen LogP) is 2.80. The molecule has 0 unspecified atom stereocenters. The summed E-state index contributed by atoms with van der Waals surface area (Å²) in [4.78, 5) is 10.3. The fourth-order valence-electron chi connectivity index (χ4n) is 1.88. The Kier molecular flexibility index (Phi) is 3.87. The van der Waals surface area contributed by atoms with E-state index in [0.29, 0.717) is 24.7 Å². The SMILES string of the molecule is O=C(O)CCCC(F)(F)c1ccc2c(c1)OCCO2. The standard InChI is InChI=1S/C13H14F2O4/c14-13(15,5-1-2-12(16)17)9-3-4-10-11(8-9)19-7-6-18-10/h3-4,8H,1-2,5-7H2,(H,16,17). The van der Waals surface area contributed by atoms with Crippen LogP contribution in [0.2, 0.25) is 0 Å². The minimum absolute atomic E-state index is 0.0726. The van der Waals surface area contributed by atoms with E-state index in [1.54, 1.807) is 0 Å². The van der Waals surface area contributed by atoms with Gasteiger partial charge in [-0.1, -0.05) is 0 Å². The Labute approximate surface area is 108 Å². The molecule has 1 N–H and O–H groups in total. The first-order valence-electron chi connectivity index (χ1n) is 5.99. The van der Waals surface area contributed by atoms with Crippen LogP contribution in [0.15, 0.2) is 18.2 Å². The molecule has 1 aromatic carbocycles. The second-order valence-corrected chi connectivity index (χ2v) is 4.31. The van der Waals surface area contributed by atoms with E-state index in [1.165, 1.54) is 18.2 Å². The van der Waals surface area contributed by atoms with Crippen molar-refractivity contribution in [1.82, 2.24) is 0 Å². The molecule has 2 rings (SSSR count). The molecule has 0 aromatic heterocycles. The summed E-state index contributed by atoms with van der Waals surface area (Å²) in [5.41, 5.74) is -0.179. The molecular weight excluding hydrogens is 258 g/mol. The summed E-state index contributed by atoms with van der Waals surface area (Å²) >= 11 is 0. The summed E-state index contributed by atoms with van der Waals surface area (Å²) in [5.74, 6) is -3.37. The molecule has 0 fully saturated rings. The highest BCUT2D eigenvalue weighted by atomic mass is 19.3. The number of halogens is 2. The number of aliphatic carboxylic acids is 1. The molecule has 0 atom stereocenters. The maximum Gasteiger partial charge on any atom is 0.303 e. The fourth-order valence-corrected chi connectivity index (χ4v) is 1.88. The average molecular weight is 272 g/mol. The molecule has 0 radical (unpaired) electrons. The van der Waals surface area contributed by atoms with Crippen molar-refractivity contribution in [2.75, 3.05) is 13.2 Å². The van der Waals surface area contributed by atoms with E-state index in [-0.39, 0.29) is 18.4 Å². The molecule has 1 aliphatic rings. The van der Waals surface area contributed by atoms with E-state index < -0.39 is 18.3 Å². The van der Waals surface area contributed by atoms with Crippen molar-refractivity contribution in [3.05, 3.63) is 23.8 Å². The van der Waals surface area contributed by atoms with Gasteiger partial charge in [0.2, 0.25) is 0 Å². The molecule has 0 bridgehead atoms. The monoisotopic (exact) mass is 272 g/mol. The van der Waals surface area contributed by atoms with Crippen molar-refractivity contribution >= 4 is 5.97 Å². The number of rotatable bonds is 5. The van der Waals surface area contributed by atoms with Gasteiger partial charge in [-0.25, -0.2) is 8.78 Å². The van der Waals surface area contributed by atoms with E-state index in [2.05, 4.69) is 0 Å². The summed E-state index contributed by atoms with van der Waals surface area (Å²) in [6.07, 6.45) is -0.837. The van der Waals surface area contributed by atoms with Gasteiger partial charge in [0.15, 0.2) is 11.5 Å². The van der Waals surface area contributed by atoms with Gasteiger partial charge in [0.05, 0.1) is 0 Å². The summed E-state index contributed by atoms with van der Waals surface area (Å²) in [6, 6.07) is 4.00. The number of carbonyl (C=O) groups is 1. The van der Waals surface area contributed by atoms with Crippen molar-refractivity contribution < 1.29 is 28.2 Å². The third kappa shape index (κ3) is 3.33. The van der Waals surface area contributed by atoms with E-state index in [0.717, 1.165) is 0 Å². The van der Waals surface area contributed by atoms with Crippen LogP contribution in [0.4, 0.5) is 8.78 Å². The van der Waals surface area contributed by atoms with Crippen LogP contribution < -0.4 is 9.47 Å². The van der Waals surface area contributed by atoms with E-state index in [1.807, 2.05) is 0 Å². The summed E-state index contributed by atoms with van der Waals surface area (Å²) < 4.78 is 38.3. The van der Waals surface area contributed by atoms with E-state index >= 15 is 0 Å². The van der Waals surface area contributed by atoms with Crippen LogP contribution >= 0.6 is 0 Å². The van der Waals surface area contributed by atoms with Crippen LogP contribution in [-0.4, -0.2) is 24.3 Å². The second-order valence-electron chi connectivity index (χ2n) is 4.31. The highest BCUT2D eigenvalue weighted by Gasteiger charge is 2.32. The fraction of sp³-hybridized carbons (Fsp3) is 0.462. The molecule has 4 nitrogen and oxygen atoms in total. The molecule has 6 heteroatoms. The van der Waals surface area contributed by atoms with Crippen LogP contribution in [0.1, 0.15) is 24.8 Å². The lowest BCUT2D eigenvalue weighted by Crippen LogP contribution is -2.18. The Morgan fingerprint density at radius 1 is 1.26 bits per heavy atom. The van der Waals surface area contributed by atoms with Gasteiger partial charge in [0.25, 0.3) is 5.92 Å². The number of hydrogen-bond donors (Lipinski definition) is 1. The maximum absolute atomic E-state index is 13.9. The number of carboxylic acid groups (broad SMARTS) is 1. The number of carboxylic acids is 1. The number of alkyl halides is 2. The smallest absolute Gasteiger partial charge is 0.303 e. The molecule has 1 aromatic rings. The van der Waals surface area contributed by atoms with Crippen LogP contribution in [-0.2, 0) is 10.7 Å². The Balaban J connectivity index is 2.09. The first-order valence-corrected chi connectivity index (χ1v) is 5.99. The molecule has 0 amide bonds. The molecule has 0 spiro atoms. The third-order valence-corrected chi connectivity index (χ3v) is 2.85. The molecule has 1 heterocycles. The summed E-state index contributed by atoms with van der Waals surface area (Å²) in [5, 5.41) is 8.46. The van der Waals surface area contributed by atoms with Gasteiger partial charge in [-0.2, -0.15) is 0 Å². The van der Waals surface area contributed by atoms with Crippen LogP contribution in [0.25, 0.3) is 0 Å². The van der Waals surface area contributed by atoms with Crippen LogP contribution in [0, 0.1) is 0 Å². The molecule has 104 valence electrons. The number of fused-ring (bicyclic) bond motifs is 1. The molecule has 19 heavy (non-hydrogen) atoms. The Morgan fingerprint density at radius 2 is 1.95 bits per heavy atom. The zero-order chi connectivity index (χ0) is 13.9. The normalized spacial score (nSPS) is 14.2. The van der Waals surface area contributed by atoms with E-state index in [9.17, 15) is 13.6 Å². The number of benzene rings is 1. The van der Waals surface area contributed by atoms with Gasteiger partial charge >= 0.3 is 5.97 Å². The molecule has 0 aliphatic carbocycles. The van der Waals surface area contributed by atoms with Crippen molar-refractivity contribution in [1.29, 1.82) is 0 Å². The van der Waals surface area contributed by atoms with Crippen molar-refractivity contribution in [3.8, 4) is 11.5 Å². The Hall–Kier alpha value is -1.85. The first-order chi connectivity index (χ1) is 8.99. The molecule has 0 saturated heterocycles. The zero-order valence-electron chi connectivity index (χ0n) is 10.2. The quantitative estimate of drug-likeness (QED) is 0.895. The van der Waals surface area contributed by atoms with Crippen molar-refractivity contribution in [2.24, 2.45) is 0 Å². The topological polar surface area (TPSA) is 55.8 Å². The Morgan fingerprint density at radius 3 is 2.63 bits per heavy atom. The zero-order valence-corrected chi connectivity index (χ0v) is 10.2. The van der Waals surface area contributed by atoms with Gasteiger partial charge in [0, 0.05) is 18.4 Å². The van der Waals surface area contributed by atoms with Crippen LogP contribution in [0.5, 0.6) is 11.5 Å². The molecule has 1 aliphatic heterocycles. The van der Waals surface area contributed by atoms with Gasteiger partial charge in [-0.05, 0) is 24.6 Å². The van der Waals surface area contributed by atoms with Crippen molar-refractivity contribution in [2.45, 2.75) is 25.2 Å². The largest absolute Gasteiger partial charge is 0.486 e. The lowest BCUT2D eigenvalue weighted by molar-refractivity contribution is -0.137. The van der Waals surface area contributed by atoms with Gasteiger partial charge in [-0.15, -0.1) is 0 Å². The molecular formula is C13H14F2O4. The lowest BCUT2D eigenvalue weighted by Gasteiger charge is -2.22. The van der Waals surface area contributed by atoms with Crippen LogP contribution in [0.3, 0.4) is 0 Å². The minimum Gasteiger partial charge on any atom is -0.486 e. The first kappa shape index (κ1) is 13.6. The summed E-state index contributed by atoms with van der Waals surface area (Å²) in [6.45, 7) is 0.738. The highest BCUT2D eigenvalue weighted by Crippen LogP contribution is 2.39. The minimum atomic E-state index is -3.06. The second kappa shape index (κ2) is 5.42. The van der Waals surface area contributed by atoms with Gasteiger partial charge in [0.1, 0.15) is 13.2 Å². The maximum atomic E-state index is 13.9. The van der Waals surface area contributed by atoms with Crippen molar-refractivity contribution in [3.63, 3.8) is 0 Å². The van der Waals surface area contributed by atoms with E-state index in [4.69, 9.17) is 14.6 Å². The average Bonchev–Trinajstić information content (AvgIpc) is 2.37. The highest BCUT2D eigenvalue weighted by molar-refractivity contribution is 5.66. The summed E-state index contributed by atoms with van der Waals surface area (Å²) in [7, 11) is 0. The number of hydrogen-bond acceptors (Lipinski definition) is 3. The molecule has 0 saturated carbocycles.